The van der Waals surface area contributed by atoms with Crippen LogP contribution in [0.1, 0.15) is 12.7 Å². The Morgan fingerprint density at radius 3 is 2.50 bits per heavy atom. The smallest absolute Gasteiger partial charge is 0.329 e. The van der Waals surface area contributed by atoms with Gasteiger partial charge in [0.1, 0.15) is 12.3 Å². The number of aromatic nitrogens is 2. The lowest BCUT2D eigenvalue weighted by Gasteiger charge is -2.04. The fraction of sp³-hybridized carbons (Fsp3) is 0.250. The third kappa shape index (κ3) is 2.55. The van der Waals surface area contributed by atoms with Crippen LogP contribution >= 0.6 is 0 Å². The summed E-state index contributed by atoms with van der Waals surface area (Å²) >= 11 is 0. The van der Waals surface area contributed by atoms with E-state index < -0.39 is 0 Å². The number of carbonyl (C=O) groups excluding carboxylic acids is 1. The molecule has 0 bridgehead atoms. The van der Waals surface area contributed by atoms with E-state index in [0.29, 0.717) is 18.8 Å². The Labute approximate surface area is 127 Å². The van der Waals surface area contributed by atoms with Crippen molar-refractivity contribution in [2.75, 3.05) is 0 Å². The van der Waals surface area contributed by atoms with Gasteiger partial charge in [-0.15, -0.1) is 0 Å². The highest BCUT2D eigenvalue weighted by molar-refractivity contribution is 5.80. The van der Waals surface area contributed by atoms with Crippen molar-refractivity contribution in [3.8, 4) is 0 Å². The fourth-order valence-corrected chi connectivity index (χ4v) is 2.53. The molecule has 0 spiro atoms. The molecule has 0 saturated carbocycles. The molecule has 0 aliphatic carbocycles. The van der Waals surface area contributed by atoms with Gasteiger partial charge >= 0.3 is 5.69 Å². The number of nitrogens with one attached hydrogen (secondary N) is 1. The average Bonchev–Trinajstić information content (AvgIpc) is 3.13. The summed E-state index contributed by atoms with van der Waals surface area (Å²) in [6.07, 6.45) is 1.56. The number of benzene rings is 1. The molecule has 1 aromatic carbocycles. The molecular weight excluding hydrogens is 282 g/mol. The van der Waals surface area contributed by atoms with Crippen molar-refractivity contribution in [2.24, 2.45) is 0 Å². The Morgan fingerprint density at radius 2 is 1.86 bits per heavy atom. The molecule has 2 heterocycles. The van der Waals surface area contributed by atoms with E-state index in [-0.39, 0.29) is 18.1 Å². The summed E-state index contributed by atoms with van der Waals surface area (Å²) in [6, 6.07) is 11.0. The SMILES string of the molecule is CCn1c(=O)n(CC(=O)NCc2ccco2)c2ccccc21. The normalized spacial score (nSPS) is 11.0. The second-order valence-electron chi connectivity index (χ2n) is 4.96. The van der Waals surface area contributed by atoms with Crippen LogP contribution in [0.2, 0.25) is 0 Å². The molecule has 1 N–H and O–H groups in total. The first-order valence-corrected chi connectivity index (χ1v) is 7.18. The number of nitrogens with zero attached hydrogens (tertiary/aromatic N) is 2. The average molecular weight is 299 g/mol. The zero-order chi connectivity index (χ0) is 15.5. The van der Waals surface area contributed by atoms with Crippen molar-refractivity contribution in [2.45, 2.75) is 26.6 Å². The first-order chi connectivity index (χ1) is 10.7. The highest BCUT2D eigenvalue weighted by Crippen LogP contribution is 2.12. The van der Waals surface area contributed by atoms with Crippen LogP contribution in [0.25, 0.3) is 11.0 Å². The van der Waals surface area contributed by atoms with Gasteiger partial charge in [-0.1, -0.05) is 12.1 Å². The van der Waals surface area contributed by atoms with Crippen molar-refractivity contribution in [3.05, 3.63) is 58.9 Å². The van der Waals surface area contributed by atoms with E-state index >= 15 is 0 Å². The molecule has 0 saturated heterocycles. The first kappa shape index (κ1) is 14.2. The third-order valence-corrected chi connectivity index (χ3v) is 3.58. The van der Waals surface area contributed by atoms with Gasteiger partial charge in [-0.25, -0.2) is 4.79 Å². The van der Waals surface area contributed by atoms with Crippen LogP contribution in [0.4, 0.5) is 0 Å². The minimum absolute atomic E-state index is 0.00689. The maximum atomic E-state index is 12.4. The van der Waals surface area contributed by atoms with E-state index in [9.17, 15) is 9.59 Å². The Bertz CT molecular complexity index is 843. The van der Waals surface area contributed by atoms with Crippen LogP contribution in [0.15, 0.2) is 51.9 Å². The van der Waals surface area contributed by atoms with Crippen molar-refractivity contribution >= 4 is 16.9 Å². The lowest BCUT2D eigenvalue weighted by Crippen LogP contribution is -2.32. The summed E-state index contributed by atoms with van der Waals surface area (Å²) in [5.41, 5.74) is 1.44. The second kappa shape index (κ2) is 5.93. The predicted octanol–water partition coefficient (Wildman–Crippen LogP) is 1.73. The quantitative estimate of drug-likeness (QED) is 0.780. The van der Waals surface area contributed by atoms with Gasteiger partial charge in [0.05, 0.1) is 23.8 Å². The van der Waals surface area contributed by atoms with Crippen LogP contribution in [-0.2, 0) is 24.4 Å². The molecule has 0 radical (unpaired) electrons. The zero-order valence-electron chi connectivity index (χ0n) is 12.3. The summed E-state index contributed by atoms with van der Waals surface area (Å²) in [5.74, 6) is 0.453. The molecule has 0 aliphatic heterocycles. The molecule has 0 fully saturated rings. The number of aryl methyl sites for hydroxylation is 1. The van der Waals surface area contributed by atoms with Gasteiger partial charge in [-0.3, -0.25) is 13.9 Å². The number of para-hydroxylation sites is 2. The topological polar surface area (TPSA) is 69.2 Å². The number of imidazole rings is 1. The maximum absolute atomic E-state index is 12.4. The molecule has 1 amide bonds. The molecule has 3 rings (SSSR count). The number of rotatable bonds is 5. The van der Waals surface area contributed by atoms with Crippen LogP contribution in [0.5, 0.6) is 0 Å². The van der Waals surface area contributed by atoms with Crippen molar-refractivity contribution in [1.29, 1.82) is 0 Å². The van der Waals surface area contributed by atoms with Gasteiger partial charge < -0.3 is 9.73 Å². The molecular formula is C16H17N3O3. The van der Waals surface area contributed by atoms with Gasteiger partial charge in [-0.2, -0.15) is 0 Å². The number of furan rings is 1. The van der Waals surface area contributed by atoms with Crippen LogP contribution in [0, 0.1) is 0 Å². The minimum atomic E-state index is -0.225. The number of hydrogen-bond donors (Lipinski definition) is 1. The molecule has 114 valence electrons. The standard InChI is InChI=1S/C16H17N3O3/c1-2-18-13-7-3-4-8-14(13)19(16(18)21)11-15(20)17-10-12-6-5-9-22-12/h3-9H,2,10-11H2,1H3,(H,17,20). The summed E-state index contributed by atoms with van der Waals surface area (Å²) in [5, 5.41) is 2.75. The number of amides is 1. The van der Waals surface area contributed by atoms with Gasteiger partial charge in [0, 0.05) is 6.54 Å². The van der Waals surface area contributed by atoms with Crippen LogP contribution in [0.3, 0.4) is 0 Å². The van der Waals surface area contributed by atoms with E-state index in [1.165, 1.54) is 4.57 Å². The Morgan fingerprint density at radius 1 is 1.14 bits per heavy atom. The largest absolute Gasteiger partial charge is 0.467 e. The lowest BCUT2D eigenvalue weighted by atomic mass is 10.3. The molecule has 0 unspecified atom stereocenters. The molecule has 6 nitrogen and oxygen atoms in total. The van der Waals surface area contributed by atoms with Gasteiger partial charge in [0.25, 0.3) is 0 Å². The number of hydrogen-bond acceptors (Lipinski definition) is 3. The van der Waals surface area contributed by atoms with Crippen molar-refractivity contribution in [3.63, 3.8) is 0 Å². The van der Waals surface area contributed by atoms with Crippen molar-refractivity contribution < 1.29 is 9.21 Å². The van der Waals surface area contributed by atoms with E-state index in [2.05, 4.69) is 5.32 Å². The molecule has 22 heavy (non-hydrogen) atoms. The van der Waals surface area contributed by atoms with Crippen LogP contribution < -0.4 is 11.0 Å². The van der Waals surface area contributed by atoms with E-state index in [4.69, 9.17) is 4.42 Å². The fourth-order valence-electron chi connectivity index (χ4n) is 2.53. The van der Waals surface area contributed by atoms with Gasteiger partial charge in [-0.05, 0) is 31.2 Å². The maximum Gasteiger partial charge on any atom is 0.329 e. The first-order valence-electron chi connectivity index (χ1n) is 7.18. The molecule has 0 atom stereocenters. The number of carbonyl (C=O) groups is 1. The summed E-state index contributed by atoms with van der Waals surface area (Å²) in [6.45, 7) is 2.79. The summed E-state index contributed by atoms with van der Waals surface area (Å²) in [4.78, 5) is 24.5. The van der Waals surface area contributed by atoms with E-state index in [0.717, 1.165) is 11.0 Å². The van der Waals surface area contributed by atoms with E-state index in [1.54, 1.807) is 23.0 Å². The Kier molecular flexibility index (Phi) is 3.82. The highest BCUT2D eigenvalue weighted by Gasteiger charge is 2.14. The summed E-state index contributed by atoms with van der Waals surface area (Å²) in [7, 11) is 0. The van der Waals surface area contributed by atoms with Crippen molar-refractivity contribution in [1.82, 2.24) is 14.5 Å². The highest BCUT2D eigenvalue weighted by atomic mass is 16.3. The lowest BCUT2D eigenvalue weighted by molar-refractivity contribution is -0.121. The Hall–Kier alpha value is -2.76. The molecule has 3 aromatic rings. The third-order valence-electron chi connectivity index (χ3n) is 3.58. The second-order valence-corrected chi connectivity index (χ2v) is 4.96. The molecule has 0 aliphatic rings. The van der Waals surface area contributed by atoms with Gasteiger partial charge in [0.15, 0.2) is 0 Å². The Balaban J connectivity index is 1.83. The van der Waals surface area contributed by atoms with Crippen LogP contribution in [-0.4, -0.2) is 15.0 Å². The summed E-state index contributed by atoms with van der Waals surface area (Å²) < 4.78 is 8.32. The zero-order valence-corrected chi connectivity index (χ0v) is 12.3. The predicted molar refractivity (Wildman–Crippen MR) is 82.4 cm³/mol. The molecule has 2 aromatic heterocycles. The minimum Gasteiger partial charge on any atom is -0.467 e. The number of fused-ring (bicyclic) bond motifs is 1. The van der Waals surface area contributed by atoms with E-state index in [1.807, 2.05) is 31.2 Å². The van der Waals surface area contributed by atoms with Gasteiger partial charge in [0.2, 0.25) is 5.91 Å². The molecule has 6 heteroatoms. The monoisotopic (exact) mass is 299 g/mol.